The van der Waals surface area contributed by atoms with Gasteiger partial charge in [0.15, 0.2) is 5.15 Å². The molecule has 0 radical (unpaired) electrons. The molecule has 0 aliphatic heterocycles. The van der Waals surface area contributed by atoms with Gasteiger partial charge in [-0.1, -0.05) is 31.4 Å². The topological polar surface area (TPSA) is 42.0 Å². The summed E-state index contributed by atoms with van der Waals surface area (Å²) in [5.74, 6) is 0.0943. The van der Waals surface area contributed by atoms with Gasteiger partial charge < -0.3 is 5.32 Å². The highest BCUT2D eigenvalue weighted by atomic mass is 35.5. The van der Waals surface area contributed by atoms with Gasteiger partial charge in [-0.05, 0) is 37.8 Å². The summed E-state index contributed by atoms with van der Waals surface area (Å²) >= 11 is 6.01. The monoisotopic (exact) mass is 266 g/mol. The molecule has 0 spiro atoms. The van der Waals surface area contributed by atoms with E-state index in [1.807, 2.05) is 13.0 Å². The summed E-state index contributed by atoms with van der Waals surface area (Å²) in [5, 5.41) is 3.31. The predicted octanol–water partition coefficient (Wildman–Crippen LogP) is 3.95. The van der Waals surface area contributed by atoms with Crippen LogP contribution in [0.15, 0.2) is 12.3 Å². The molecule has 1 aromatic heterocycles. The second-order valence-corrected chi connectivity index (χ2v) is 5.50. The molecule has 2 rings (SSSR count). The number of pyridine rings is 1. The number of nitrogens with one attached hydrogen (secondary N) is 1. The number of amides is 1. The molecule has 0 bridgehead atoms. The van der Waals surface area contributed by atoms with Crippen molar-refractivity contribution in [3.05, 3.63) is 23.0 Å². The first-order valence-electron chi connectivity index (χ1n) is 6.51. The molecule has 4 heteroatoms. The van der Waals surface area contributed by atoms with Crippen molar-refractivity contribution in [1.82, 2.24) is 4.98 Å². The SMILES string of the molecule is CCC1(C(=O)Nc2cc(C)cnc2Cl)CCCC1. The van der Waals surface area contributed by atoms with Gasteiger partial charge in [-0.15, -0.1) is 0 Å². The lowest BCUT2D eigenvalue weighted by atomic mass is 9.82. The molecule has 0 atom stereocenters. The summed E-state index contributed by atoms with van der Waals surface area (Å²) in [6.45, 7) is 4.02. The first-order valence-corrected chi connectivity index (χ1v) is 6.89. The van der Waals surface area contributed by atoms with Crippen LogP contribution in [0.4, 0.5) is 5.69 Å². The Kier molecular flexibility index (Phi) is 3.91. The first-order chi connectivity index (χ1) is 8.57. The molecule has 0 aromatic carbocycles. The minimum atomic E-state index is -0.201. The van der Waals surface area contributed by atoms with Gasteiger partial charge in [0.1, 0.15) is 0 Å². The molecule has 98 valence electrons. The molecule has 1 aromatic rings. The number of carbonyl (C=O) groups excluding carboxylic acids is 1. The molecule has 3 nitrogen and oxygen atoms in total. The van der Waals surface area contributed by atoms with Crippen LogP contribution in [-0.2, 0) is 4.79 Å². The molecule has 1 saturated carbocycles. The number of rotatable bonds is 3. The molecule has 1 amide bonds. The molecule has 0 unspecified atom stereocenters. The van der Waals surface area contributed by atoms with E-state index in [4.69, 9.17) is 11.6 Å². The van der Waals surface area contributed by atoms with Gasteiger partial charge in [-0.25, -0.2) is 4.98 Å². The maximum absolute atomic E-state index is 12.4. The van der Waals surface area contributed by atoms with E-state index in [2.05, 4.69) is 17.2 Å². The number of aromatic nitrogens is 1. The highest BCUT2D eigenvalue weighted by Gasteiger charge is 2.39. The van der Waals surface area contributed by atoms with E-state index in [0.29, 0.717) is 10.8 Å². The number of hydrogen-bond donors (Lipinski definition) is 1. The second kappa shape index (κ2) is 5.27. The van der Waals surface area contributed by atoms with Crippen LogP contribution in [0.2, 0.25) is 5.15 Å². The third kappa shape index (κ3) is 2.51. The Morgan fingerprint density at radius 2 is 2.17 bits per heavy atom. The molecule has 18 heavy (non-hydrogen) atoms. The van der Waals surface area contributed by atoms with Gasteiger partial charge in [-0.3, -0.25) is 4.79 Å². The average Bonchev–Trinajstić information content (AvgIpc) is 2.84. The number of aryl methyl sites for hydroxylation is 1. The summed E-state index contributed by atoms with van der Waals surface area (Å²) in [7, 11) is 0. The van der Waals surface area contributed by atoms with E-state index in [-0.39, 0.29) is 11.3 Å². The van der Waals surface area contributed by atoms with Gasteiger partial charge in [0, 0.05) is 11.6 Å². The van der Waals surface area contributed by atoms with Crippen LogP contribution >= 0.6 is 11.6 Å². The Labute approximate surface area is 113 Å². The van der Waals surface area contributed by atoms with Gasteiger partial charge in [-0.2, -0.15) is 0 Å². The van der Waals surface area contributed by atoms with Crippen LogP contribution < -0.4 is 5.32 Å². The van der Waals surface area contributed by atoms with Gasteiger partial charge in [0.05, 0.1) is 5.69 Å². The Morgan fingerprint density at radius 3 is 2.78 bits per heavy atom. The quantitative estimate of drug-likeness (QED) is 0.842. The third-order valence-electron chi connectivity index (χ3n) is 3.94. The minimum Gasteiger partial charge on any atom is -0.323 e. The second-order valence-electron chi connectivity index (χ2n) is 5.15. The molecular formula is C14H19ClN2O. The lowest BCUT2D eigenvalue weighted by Crippen LogP contribution is -2.33. The van der Waals surface area contributed by atoms with Crippen LogP contribution in [0.1, 0.15) is 44.6 Å². The molecule has 1 heterocycles. The van der Waals surface area contributed by atoms with Gasteiger partial charge in [0.25, 0.3) is 0 Å². The van der Waals surface area contributed by atoms with Crippen LogP contribution in [0.25, 0.3) is 0 Å². The standard InChI is InChI=1S/C14H19ClN2O/c1-3-14(6-4-5-7-14)13(18)17-11-8-10(2)9-16-12(11)15/h8-9H,3-7H2,1-2H3,(H,17,18). The van der Waals surface area contributed by atoms with E-state index in [9.17, 15) is 4.79 Å². The van der Waals surface area contributed by atoms with Crippen LogP contribution in [0.3, 0.4) is 0 Å². The Balaban J connectivity index is 2.18. The fraction of sp³-hybridized carbons (Fsp3) is 0.571. The summed E-state index contributed by atoms with van der Waals surface area (Å²) < 4.78 is 0. The van der Waals surface area contributed by atoms with Crippen molar-refractivity contribution < 1.29 is 4.79 Å². The summed E-state index contributed by atoms with van der Waals surface area (Å²) in [4.78, 5) is 16.5. The maximum Gasteiger partial charge on any atom is 0.230 e. The van der Waals surface area contributed by atoms with E-state index in [1.165, 1.54) is 0 Å². The number of halogens is 1. The molecule has 1 aliphatic carbocycles. The average molecular weight is 267 g/mol. The number of hydrogen-bond acceptors (Lipinski definition) is 2. The predicted molar refractivity (Wildman–Crippen MR) is 73.8 cm³/mol. The zero-order valence-corrected chi connectivity index (χ0v) is 11.7. The van der Waals surface area contributed by atoms with Gasteiger partial charge >= 0.3 is 0 Å². The third-order valence-corrected chi connectivity index (χ3v) is 4.24. The lowest BCUT2D eigenvalue weighted by Gasteiger charge is -2.26. The Morgan fingerprint density at radius 1 is 1.50 bits per heavy atom. The Bertz CT molecular complexity index is 453. The van der Waals surface area contributed by atoms with E-state index < -0.39 is 0 Å². The fourth-order valence-corrected chi connectivity index (χ4v) is 2.84. The van der Waals surface area contributed by atoms with E-state index in [0.717, 1.165) is 37.7 Å². The van der Waals surface area contributed by atoms with Crippen molar-refractivity contribution in [2.45, 2.75) is 46.0 Å². The molecular weight excluding hydrogens is 248 g/mol. The lowest BCUT2D eigenvalue weighted by molar-refractivity contribution is -0.125. The van der Waals surface area contributed by atoms with Gasteiger partial charge in [0.2, 0.25) is 5.91 Å². The van der Waals surface area contributed by atoms with Crippen molar-refractivity contribution in [2.24, 2.45) is 5.41 Å². The van der Waals surface area contributed by atoms with E-state index >= 15 is 0 Å². The zero-order chi connectivity index (χ0) is 13.2. The maximum atomic E-state index is 12.4. The largest absolute Gasteiger partial charge is 0.323 e. The summed E-state index contributed by atoms with van der Waals surface area (Å²) in [6, 6.07) is 1.87. The van der Waals surface area contributed by atoms with Crippen molar-refractivity contribution in [3.8, 4) is 0 Å². The zero-order valence-electron chi connectivity index (χ0n) is 10.9. The van der Waals surface area contributed by atoms with Crippen molar-refractivity contribution in [1.29, 1.82) is 0 Å². The number of anilines is 1. The molecule has 1 N–H and O–H groups in total. The minimum absolute atomic E-state index is 0.0943. The van der Waals surface area contributed by atoms with E-state index in [1.54, 1.807) is 6.20 Å². The highest BCUT2D eigenvalue weighted by Crippen LogP contribution is 2.42. The molecule has 1 aliphatic rings. The molecule has 0 saturated heterocycles. The van der Waals surface area contributed by atoms with Crippen LogP contribution in [-0.4, -0.2) is 10.9 Å². The summed E-state index contributed by atoms with van der Waals surface area (Å²) in [6.07, 6.45) is 6.82. The Hall–Kier alpha value is -1.09. The van der Waals surface area contributed by atoms with Crippen molar-refractivity contribution >= 4 is 23.2 Å². The normalized spacial score (nSPS) is 17.7. The highest BCUT2D eigenvalue weighted by molar-refractivity contribution is 6.32. The first kappa shape index (κ1) is 13.3. The smallest absolute Gasteiger partial charge is 0.230 e. The number of nitrogens with zero attached hydrogens (tertiary/aromatic N) is 1. The van der Waals surface area contributed by atoms with Crippen molar-refractivity contribution in [3.63, 3.8) is 0 Å². The summed E-state index contributed by atoms with van der Waals surface area (Å²) in [5.41, 5.74) is 1.42. The molecule has 1 fully saturated rings. The van der Waals surface area contributed by atoms with Crippen LogP contribution in [0, 0.1) is 12.3 Å². The van der Waals surface area contributed by atoms with Crippen LogP contribution in [0.5, 0.6) is 0 Å². The fourth-order valence-electron chi connectivity index (χ4n) is 2.69. The number of carbonyl (C=O) groups is 1. The van der Waals surface area contributed by atoms with Crippen molar-refractivity contribution in [2.75, 3.05) is 5.32 Å².